The highest BCUT2D eigenvalue weighted by Gasteiger charge is 2.45. The molecule has 5 heteroatoms. The van der Waals surface area contributed by atoms with Crippen molar-refractivity contribution in [3.8, 4) is 0 Å². The van der Waals surface area contributed by atoms with Crippen molar-refractivity contribution < 1.29 is 14.7 Å². The second-order valence-electron chi connectivity index (χ2n) is 5.50. The molecule has 1 aromatic rings. The fraction of sp³-hybridized carbons (Fsp3) is 0.500. The first-order valence-corrected chi connectivity index (χ1v) is 7.42. The Balaban J connectivity index is 1.98. The highest BCUT2D eigenvalue weighted by molar-refractivity contribution is 6.35. The van der Waals surface area contributed by atoms with E-state index in [-0.39, 0.29) is 12.5 Å². The molecule has 1 aromatic carbocycles. The largest absolute Gasteiger partial charge is 0.383 e. The predicted octanol–water partition coefficient (Wildman–Crippen LogP) is 0.927. The molecule has 0 radical (unpaired) electrons. The number of hydrogen-bond acceptors (Lipinski definition) is 3. The molecule has 114 valence electrons. The van der Waals surface area contributed by atoms with E-state index in [4.69, 9.17) is 0 Å². The molecule has 1 fully saturated rings. The smallest absolute Gasteiger partial charge is 0.309 e. The Hall–Kier alpha value is -1.88. The molecule has 1 unspecified atom stereocenters. The van der Waals surface area contributed by atoms with Crippen LogP contribution in [0.3, 0.4) is 0 Å². The average molecular weight is 290 g/mol. The van der Waals surface area contributed by atoms with Gasteiger partial charge in [-0.2, -0.15) is 0 Å². The number of aliphatic hydroxyl groups is 1. The van der Waals surface area contributed by atoms with Gasteiger partial charge in [-0.25, -0.2) is 0 Å². The third-order valence-electron chi connectivity index (χ3n) is 3.79. The Morgan fingerprint density at radius 1 is 1.19 bits per heavy atom. The second-order valence-corrected chi connectivity index (χ2v) is 5.50. The molecule has 5 nitrogen and oxygen atoms in total. The molecule has 21 heavy (non-hydrogen) atoms. The van der Waals surface area contributed by atoms with Crippen molar-refractivity contribution in [3.63, 3.8) is 0 Å². The lowest BCUT2D eigenvalue weighted by Crippen LogP contribution is -2.47. The molecule has 3 N–H and O–H groups in total. The molecular weight excluding hydrogens is 268 g/mol. The molecule has 0 spiro atoms. The van der Waals surface area contributed by atoms with Gasteiger partial charge in [0, 0.05) is 6.54 Å². The number of hydrogen-bond donors (Lipinski definition) is 3. The normalized spacial score (nSPS) is 16.9. The summed E-state index contributed by atoms with van der Waals surface area (Å²) in [4.78, 5) is 23.3. The summed E-state index contributed by atoms with van der Waals surface area (Å²) in [6.45, 7) is 2.44. The van der Waals surface area contributed by atoms with Crippen LogP contribution in [-0.2, 0) is 15.2 Å². The monoisotopic (exact) mass is 290 g/mol. The van der Waals surface area contributed by atoms with Gasteiger partial charge in [-0.1, -0.05) is 37.3 Å². The summed E-state index contributed by atoms with van der Waals surface area (Å²) in [6, 6.07) is 9.30. The Morgan fingerprint density at radius 2 is 1.81 bits per heavy atom. The highest BCUT2D eigenvalue weighted by Crippen LogP contribution is 2.45. The van der Waals surface area contributed by atoms with E-state index >= 15 is 0 Å². The number of carbonyl (C=O) groups excluding carboxylic acids is 2. The van der Waals surface area contributed by atoms with E-state index in [1.807, 2.05) is 37.3 Å². The van der Waals surface area contributed by atoms with Gasteiger partial charge in [-0.05, 0) is 30.7 Å². The van der Waals surface area contributed by atoms with E-state index in [1.165, 1.54) is 0 Å². The van der Waals surface area contributed by atoms with Crippen LogP contribution in [0.25, 0.3) is 0 Å². The van der Waals surface area contributed by atoms with Gasteiger partial charge < -0.3 is 15.7 Å². The molecule has 0 aromatic heterocycles. The SMILES string of the molecule is CCCNC(=O)C(=O)NCC(O)(c1ccccc1)C1CC1. The Morgan fingerprint density at radius 3 is 2.38 bits per heavy atom. The first-order valence-electron chi connectivity index (χ1n) is 7.42. The van der Waals surface area contributed by atoms with E-state index in [0.717, 1.165) is 24.8 Å². The van der Waals surface area contributed by atoms with Crippen molar-refractivity contribution in [1.29, 1.82) is 0 Å². The van der Waals surface area contributed by atoms with Crippen LogP contribution in [-0.4, -0.2) is 30.0 Å². The van der Waals surface area contributed by atoms with Gasteiger partial charge in [0.2, 0.25) is 0 Å². The molecule has 1 saturated carbocycles. The van der Waals surface area contributed by atoms with Gasteiger partial charge in [0.25, 0.3) is 0 Å². The molecule has 2 amide bonds. The van der Waals surface area contributed by atoms with Crippen LogP contribution in [0.2, 0.25) is 0 Å². The summed E-state index contributed by atoms with van der Waals surface area (Å²) in [5.74, 6) is -1.21. The summed E-state index contributed by atoms with van der Waals surface area (Å²) >= 11 is 0. The van der Waals surface area contributed by atoms with Crippen LogP contribution in [0.4, 0.5) is 0 Å². The third kappa shape index (κ3) is 3.82. The van der Waals surface area contributed by atoms with E-state index in [1.54, 1.807) is 0 Å². The maximum Gasteiger partial charge on any atom is 0.309 e. The lowest BCUT2D eigenvalue weighted by Gasteiger charge is -2.29. The number of benzene rings is 1. The number of amides is 2. The summed E-state index contributed by atoms with van der Waals surface area (Å²) in [5, 5.41) is 16.0. The molecule has 0 heterocycles. The van der Waals surface area contributed by atoms with Crippen molar-refractivity contribution in [2.24, 2.45) is 5.92 Å². The van der Waals surface area contributed by atoms with Crippen LogP contribution in [0.5, 0.6) is 0 Å². The lowest BCUT2D eigenvalue weighted by atomic mass is 9.88. The maximum absolute atomic E-state index is 11.7. The fourth-order valence-corrected chi connectivity index (χ4v) is 2.38. The quantitative estimate of drug-likeness (QED) is 0.682. The predicted molar refractivity (Wildman–Crippen MR) is 79.4 cm³/mol. The van der Waals surface area contributed by atoms with E-state index in [2.05, 4.69) is 10.6 Å². The zero-order chi connectivity index (χ0) is 15.3. The molecular formula is C16H22N2O3. The summed E-state index contributed by atoms with van der Waals surface area (Å²) in [6.07, 6.45) is 2.64. The standard InChI is InChI=1S/C16H22N2O3/c1-2-10-17-14(19)15(20)18-11-16(21,13-8-9-13)12-6-4-3-5-7-12/h3-7,13,21H,2,8-11H2,1H3,(H,17,19)(H,18,20). The van der Waals surface area contributed by atoms with Gasteiger partial charge >= 0.3 is 11.8 Å². The summed E-state index contributed by atoms with van der Waals surface area (Å²) in [5.41, 5.74) is -0.316. The van der Waals surface area contributed by atoms with Crippen molar-refractivity contribution in [2.45, 2.75) is 31.8 Å². The zero-order valence-corrected chi connectivity index (χ0v) is 12.3. The fourth-order valence-electron chi connectivity index (χ4n) is 2.38. The number of carbonyl (C=O) groups is 2. The zero-order valence-electron chi connectivity index (χ0n) is 12.3. The van der Waals surface area contributed by atoms with Gasteiger partial charge in [0.1, 0.15) is 5.60 Å². The molecule has 0 saturated heterocycles. The molecule has 1 atom stereocenters. The summed E-state index contributed by atoms with van der Waals surface area (Å²) < 4.78 is 0. The second kappa shape index (κ2) is 6.72. The van der Waals surface area contributed by atoms with E-state index in [0.29, 0.717) is 6.54 Å². The van der Waals surface area contributed by atoms with Gasteiger partial charge in [-0.3, -0.25) is 9.59 Å². The van der Waals surface area contributed by atoms with Crippen molar-refractivity contribution >= 4 is 11.8 Å². The van der Waals surface area contributed by atoms with Gasteiger partial charge in [-0.15, -0.1) is 0 Å². The van der Waals surface area contributed by atoms with Crippen LogP contribution in [0.15, 0.2) is 30.3 Å². The van der Waals surface area contributed by atoms with Gasteiger partial charge in [0.15, 0.2) is 0 Å². The van der Waals surface area contributed by atoms with E-state index in [9.17, 15) is 14.7 Å². The number of nitrogens with one attached hydrogen (secondary N) is 2. The molecule has 2 rings (SSSR count). The first-order chi connectivity index (χ1) is 10.1. The summed E-state index contributed by atoms with van der Waals surface area (Å²) in [7, 11) is 0. The van der Waals surface area contributed by atoms with E-state index < -0.39 is 17.4 Å². The molecule has 1 aliphatic rings. The van der Waals surface area contributed by atoms with Crippen LogP contribution in [0.1, 0.15) is 31.7 Å². The minimum Gasteiger partial charge on any atom is -0.383 e. The van der Waals surface area contributed by atoms with Crippen LogP contribution < -0.4 is 10.6 Å². The topological polar surface area (TPSA) is 78.4 Å². The maximum atomic E-state index is 11.7. The third-order valence-corrected chi connectivity index (χ3v) is 3.79. The lowest BCUT2D eigenvalue weighted by molar-refractivity contribution is -0.140. The Kier molecular flexibility index (Phi) is 4.96. The van der Waals surface area contributed by atoms with Gasteiger partial charge in [0.05, 0.1) is 6.54 Å². The highest BCUT2D eigenvalue weighted by atomic mass is 16.3. The molecule has 1 aliphatic carbocycles. The average Bonchev–Trinajstić information content (AvgIpc) is 3.36. The van der Waals surface area contributed by atoms with Crippen molar-refractivity contribution in [2.75, 3.05) is 13.1 Å². The molecule has 0 aliphatic heterocycles. The van der Waals surface area contributed by atoms with Crippen molar-refractivity contribution in [3.05, 3.63) is 35.9 Å². The number of rotatable bonds is 6. The van der Waals surface area contributed by atoms with Crippen LogP contribution >= 0.6 is 0 Å². The first kappa shape index (κ1) is 15.5. The molecule has 0 bridgehead atoms. The minimum atomic E-state index is -1.10. The van der Waals surface area contributed by atoms with Crippen LogP contribution in [0, 0.1) is 5.92 Å². The van der Waals surface area contributed by atoms with Crippen molar-refractivity contribution in [1.82, 2.24) is 10.6 Å². The minimum absolute atomic E-state index is 0.0556. The Labute approximate surface area is 124 Å². The Bertz CT molecular complexity index is 500.